The number of hydrogen-bond acceptors (Lipinski definition) is 5. The molecule has 7 nitrogen and oxygen atoms in total. The summed E-state index contributed by atoms with van der Waals surface area (Å²) in [6.45, 7) is 2.65. The fraction of sp³-hybridized carbons (Fsp3) is 0.500. The van der Waals surface area contributed by atoms with Gasteiger partial charge in [0.15, 0.2) is 6.30 Å². The fourth-order valence-electron chi connectivity index (χ4n) is 2.96. The molecule has 0 spiro atoms. The van der Waals surface area contributed by atoms with Crippen molar-refractivity contribution in [1.29, 1.82) is 0 Å². The van der Waals surface area contributed by atoms with Gasteiger partial charge in [-0.15, -0.1) is 0 Å². The van der Waals surface area contributed by atoms with Gasteiger partial charge in [0.1, 0.15) is 6.10 Å². The lowest BCUT2D eigenvalue weighted by Crippen LogP contribution is -2.43. The van der Waals surface area contributed by atoms with E-state index in [0.29, 0.717) is 25.4 Å². The largest absolute Gasteiger partial charge is 0.442 e. The second-order valence-corrected chi connectivity index (χ2v) is 5.80. The third-order valence-corrected chi connectivity index (χ3v) is 4.07. The van der Waals surface area contributed by atoms with Crippen LogP contribution < -0.4 is 15.5 Å². The van der Waals surface area contributed by atoms with Crippen LogP contribution in [0.4, 0.5) is 14.9 Å². The minimum atomic E-state index is -1.21. The molecule has 8 heteroatoms. The van der Waals surface area contributed by atoms with Crippen molar-refractivity contribution in [2.24, 2.45) is 0 Å². The maximum absolute atomic E-state index is 14.1. The van der Waals surface area contributed by atoms with E-state index < -0.39 is 24.5 Å². The fourth-order valence-corrected chi connectivity index (χ4v) is 2.96. The summed E-state index contributed by atoms with van der Waals surface area (Å²) in [5.74, 6) is -0.233. The molecule has 3 atom stereocenters. The number of benzene rings is 1. The van der Waals surface area contributed by atoms with E-state index in [2.05, 4.69) is 10.6 Å². The lowest BCUT2D eigenvalue weighted by molar-refractivity contribution is -0.120. The van der Waals surface area contributed by atoms with Gasteiger partial charge >= 0.3 is 6.09 Å². The number of amides is 2. The average Bonchev–Trinajstić information content (AvgIpc) is 2.99. The molecule has 0 aromatic heterocycles. The number of nitrogens with one attached hydrogen (secondary N) is 2. The zero-order chi connectivity index (χ0) is 17.1. The molecular formula is C16H20FN3O4. The van der Waals surface area contributed by atoms with E-state index in [-0.39, 0.29) is 12.5 Å². The van der Waals surface area contributed by atoms with Gasteiger partial charge in [0.25, 0.3) is 0 Å². The highest BCUT2D eigenvalue weighted by molar-refractivity contribution is 5.74. The Labute approximate surface area is 139 Å². The SMILES string of the molecule is CC(=O)NC(c1cccc(N2CCOC[C@@H]2F)c1)C1CNC(=O)O1. The highest BCUT2D eigenvalue weighted by Gasteiger charge is 2.33. The number of nitrogens with zero attached hydrogens (tertiary/aromatic N) is 1. The Kier molecular flexibility index (Phi) is 4.84. The monoisotopic (exact) mass is 337 g/mol. The van der Waals surface area contributed by atoms with Gasteiger partial charge in [-0.05, 0) is 17.7 Å². The van der Waals surface area contributed by atoms with E-state index in [4.69, 9.17) is 9.47 Å². The number of halogens is 1. The molecule has 2 heterocycles. The molecule has 0 radical (unpaired) electrons. The van der Waals surface area contributed by atoms with Crippen molar-refractivity contribution in [2.75, 3.05) is 31.2 Å². The van der Waals surface area contributed by atoms with Gasteiger partial charge in [0.2, 0.25) is 5.91 Å². The van der Waals surface area contributed by atoms with Crippen molar-refractivity contribution in [3.63, 3.8) is 0 Å². The van der Waals surface area contributed by atoms with Crippen LogP contribution in [0.15, 0.2) is 24.3 Å². The first-order valence-electron chi connectivity index (χ1n) is 7.84. The third-order valence-electron chi connectivity index (χ3n) is 4.07. The van der Waals surface area contributed by atoms with Crippen LogP contribution in [0, 0.1) is 0 Å². The van der Waals surface area contributed by atoms with Gasteiger partial charge in [-0.3, -0.25) is 4.79 Å². The molecule has 24 heavy (non-hydrogen) atoms. The van der Waals surface area contributed by atoms with Gasteiger partial charge in [-0.25, -0.2) is 9.18 Å². The highest BCUT2D eigenvalue weighted by atomic mass is 19.1. The molecule has 2 fully saturated rings. The van der Waals surface area contributed by atoms with Crippen molar-refractivity contribution in [1.82, 2.24) is 10.6 Å². The number of hydrogen-bond donors (Lipinski definition) is 2. The summed E-state index contributed by atoms with van der Waals surface area (Å²) in [5.41, 5.74) is 1.46. The summed E-state index contributed by atoms with van der Waals surface area (Å²) in [6, 6.07) is 6.74. The number of carbonyl (C=O) groups excluding carboxylic acids is 2. The highest BCUT2D eigenvalue weighted by Crippen LogP contribution is 2.27. The Balaban J connectivity index is 1.86. The molecule has 1 aromatic rings. The van der Waals surface area contributed by atoms with Crippen molar-refractivity contribution < 1.29 is 23.5 Å². The van der Waals surface area contributed by atoms with Crippen molar-refractivity contribution in [3.8, 4) is 0 Å². The molecule has 3 rings (SSSR count). The summed E-state index contributed by atoms with van der Waals surface area (Å²) >= 11 is 0. The van der Waals surface area contributed by atoms with Crippen LogP contribution in [0.3, 0.4) is 0 Å². The van der Waals surface area contributed by atoms with Crippen LogP contribution in [0.1, 0.15) is 18.5 Å². The van der Waals surface area contributed by atoms with E-state index in [0.717, 1.165) is 5.56 Å². The molecule has 2 saturated heterocycles. The first kappa shape index (κ1) is 16.5. The molecule has 2 aliphatic rings. The zero-order valence-corrected chi connectivity index (χ0v) is 13.3. The third kappa shape index (κ3) is 3.59. The quantitative estimate of drug-likeness (QED) is 0.805. The van der Waals surface area contributed by atoms with E-state index in [1.54, 1.807) is 11.0 Å². The number of alkyl carbamates (subject to hydrolysis) is 1. The average molecular weight is 337 g/mol. The van der Waals surface area contributed by atoms with E-state index >= 15 is 0 Å². The van der Waals surface area contributed by atoms with Crippen LogP contribution >= 0.6 is 0 Å². The number of morpholine rings is 1. The zero-order valence-electron chi connectivity index (χ0n) is 13.3. The maximum Gasteiger partial charge on any atom is 0.407 e. The van der Waals surface area contributed by atoms with Gasteiger partial charge in [-0.2, -0.15) is 0 Å². The first-order valence-corrected chi connectivity index (χ1v) is 7.84. The van der Waals surface area contributed by atoms with Gasteiger partial charge < -0.3 is 25.0 Å². The second-order valence-electron chi connectivity index (χ2n) is 5.80. The van der Waals surface area contributed by atoms with E-state index in [1.807, 2.05) is 18.2 Å². The van der Waals surface area contributed by atoms with E-state index in [9.17, 15) is 14.0 Å². The standard InChI is InChI=1S/C16H20FN3O4/c1-10(21)19-15(13-8-18-16(22)24-13)11-3-2-4-12(7-11)20-5-6-23-9-14(20)17/h2-4,7,13-15H,5-6,8-9H2,1H3,(H,18,22)(H,19,21)/t13?,14-,15?/m1/s1. The molecule has 0 aliphatic carbocycles. The number of carbonyl (C=O) groups is 2. The lowest BCUT2D eigenvalue weighted by Gasteiger charge is -2.33. The number of rotatable bonds is 4. The number of alkyl halides is 1. The Morgan fingerprint density at radius 3 is 3.00 bits per heavy atom. The van der Waals surface area contributed by atoms with Crippen molar-refractivity contribution >= 4 is 17.7 Å². The Hall–Kier alpha value is -2.35. The summed E-state index contributed by atoms with van der Waals surface area (Å²) in [5, 5.41) is 5.39. The molecule has 0 saturated carbocycles. The minimum Gasteiger partial charge on any atom is -0.442 e. The molecule has 2 amide bonds. The van der Waals surface area contributed by atoms with Crippen molar-refractivity contribution in [3.05, 3.63) is 29.8 Å². The predicted molar refractivity (Wildman–Crippen MR) is 84.3 cm³/mol. The topological polar surface area (TPSA) is 79.9 Å². The Morgan fingerprint density at radius 2 is 2.33 bits per heavy atom. The van der Waals surface area contributed by atoms with Crippen LogP contribution in [0.5, 0.6) is 0 Å². The van der Waals surface area contributed by atoms with E-state index in [1.165, 1.54) is 6.92 Å². The molecule has 2 unspecified atom stereocenters. The molecule has 130 valence electrons. The molecule has 2 N–H and O–H groups in total. The smallest absolute Gasteiger partial charge is 0.407 e. The van der Waals surface area contributed by atoms with Gasteiger partial charge in [0, 0.05) is 19.2 Å². The van der Waals surface area contributed by atoms with Crippen LogP contribution in [0.2, 0.25) is 0 Å². The predicted octanol–water partition coefficient (Wildman–Crippen LogP) is 1.10. The summed E-state index contributed by atoms with van der Waals surface area (Å²) in [7, 11) is 0. The lowest BCUT2D eigenvalue weighted by atomic mass is 10.00. The summed E-state index contributed by atoms with van der Waals surface area (Å²) < 4.78 is 24.4. The molecular weight excluding hydrogens is 317 g/mol. The first-order chi connectivity index (χ1) is 11.5. The summed E-state index contributed by atoms with van der Waals surface area (Å²) in [4.78, 5) is 24.5. The number of anilines is 1. The molecule has 1 aromatic carbocycles. The van der Waals surface area contributed by atoms with Gasteiger partial charge in [0.05, 0.1) is 25.8 Å². The Bertz CT molecular complexity index is 627. The normalized spacial score (nSPS) is 24.9. The second kappa shape index (κ2) is 7.04. The van der Waals surface area contributed by atoms with Crippen molar-refractivity contribution in [2.45, 2.75) is 25.4 Å². The van der Waals surface area contributed by atoms with Crippen LogP contribution in [-0.4, -0.2) is 50.7 Å². The summed E-state index contributed by atoms with van der Waals surface area (Å²) in [6.07, 6.45) is -2.23. The molecule has 2 aliphatic heterocycles. The van der Waals surface area contributed by atoms with Crippen LogP contribution in [0.25, 0.3) is 0 Å². The van der Waals surface area contributed by atoms with Gasteiger partial charge in [-0.1, -0.05) is 12.1 Å². The molecule has 0 bridgehead atoms. The number of cyclic esters (lactones) is 1. The van der Waals surface area contributed by atoms with Crippen LogP contribution in [-0.2, 0) is 14.3 Å². The number of ether oxygens (including phenoxy) is 2. The minimum absolute atomic E-state index is 0.0313. The Morgan fingerprint density at radius 1 is 1.50 bits per heavy atom. The maximum atomic E-state index is 14.1.